The van der Waals surface area contributed by atoms with E-state index in [0.29, 0.717) is 5.69 Å². The summed E-state index contributed by atoms with van der Waals surface area (Å²) in [6, 6.07) is 23.3. The molecule has 0 saturated heterocycles. The lowest BCUT2D eigenvalue weighted by molar-refractivity contribution is 0.0697. The molecule has 0 aliphatic rings. The van der Waals surface area contributed by atoms with Crippen molar-refractivity contribution in [1.82, 2.24) is 0 Å². The number of carboxylic acids is 1. The first-order valence-corrected chi connectivity index (χ1v) is 10.6. The van der Waals surface area contributed by atoms with E-state index in [4.69, 9.17) is 5.11 Å². The van der Waals surface area contributed by atoms with Gasteiger partial charge in [0.25, 0.3) is 10.0 Å². The van der Waals surface area contributed by atoms with Crippen molar-refractivity contribution in [1.29, 1.82) is 0 Å². The van der Waals surface area contributed by atoms with Gasteiger partial charge < -0.3 is 5.11 Å². The maximum atomic E-state index is 12.2. The molecular formula is C23H21NO4S. The van der Waals surface area contributed by atoms with Gasteiger partial charge in [-0.1, -0.05) is 54.6 Å². The van der Waals surface area contributed by atoms with Crippen LogP contribution in [0.2, 0.25) is 0 Å². The van der Waals surface area contributed by atoms with Gasteiger partial charge in [0.15, 0.2) is 0 Å². The Hall–Kier alpha value is -3.38. The van der Waals surface area contributed by atoms with E-state index in [1.165, 1.54) is 0 Å². The Bertz CT molecular complexity index is 1090. The first-order valence-electron chi connectivity index (χ1n) is 9.08. The highest BCUT2D eigenvalue weighted by molar-refractivity contribution is 7.95. The third-order valence-electron chi connectivity index (χ3n) is 4.36. The lowest BCUT2D eigenvalue weighted by Gasteiger charge is -2.07. The largest absolute Gasteiger partial charge is 0.478 e. The second kappa shape index (κ2) is 9.21. The van der Waals surface area contributed by atoms with E-state index >= 15 is 0 Å². The highest BCUT2D eigenvalue weighted by Gasteiger charge is 2.06. The fraction of sp³-hybridized carbons (Fsp3) is 0.0870. The van der Waals surface area contributed by atoms with Crippen LogP contribution in [-0.4, -0.2) is 19.5 Å². The van der Waals surface area contributed by atoms with Crippen molar-refractivity contribution in [3.05, 3.63) is 107 Å². The summed E-state index contributed by atoms with van der Waals surface area (Å²) in [5.41, 5.74) is 3.69. The molecule has 3 aromatic rings. The first kappa shape index (κ1) is 20.4. The molecule has 3 aromatic carbocycles. The number of nitrogens with one attached hydrogen (secondary N) is 1. The highest BCUT2D eigenvalue weighted by Crippen LogP contribution is 2.15. The molecule has 0 aromatic heterocycles. The second-order valence-corrected chi connectivity index (χ2v) is 8.13. The molecule has 0 bridgehead atoms. The van der Waals surface area contributed by atoms with Crippen LogP contribution in [-0.2, 0) is 22.9 Å². The third-order valence-corrected chi connectivity index (χ3v) is 5.37. The van der Waals surface area contributed by atoms with Crippen LogP contribution in [0.3, 0.4) is 0 Å². The standard InChI is InChI=1S/C23H21NO4S/c25-23(26)21-12-8-19(9-13-21)6-7-20-10-14-22(15-11-20)24-29(27,28)17-16-18-4-2-1-3-5-18/h1-5,8-17,24H,6-7H2,(H,25,26)/b17-16+. The summed E-state index contributed by atoms with van der Waals surface area (Å²) in [4.78, 5) is 10.9. The summed E-state index contributed by atoms with van der Waals surface area (Å²) in [7, 11) is -3.59. The molecule has 5 nitrogen and oxygen atoms in total. The Labute approximate surface area is 170 Å². The molecule has 0 aliphatic carbocycles. The molecule has 0 spiro atoms. The molecule has 3 rings (SSSR count). The maximum Gasteiger partial charge on any atom is 0.335 e. The van der Waals surface area contributed by atoms with Gasteiger partial charge in [-0.25, -0.2) is 13.2 Å². The van der Waals surface area contributed by atoms with E-state index < -0.39 is 16.0 Å². The van der Waals surface area contributed by atoms with Crippen molar-refractivity contribution in [3.63, 3.8) is 0 Å². The van der Waals surface area contributed by atoms with Crippen LogP contribution in [0.1, 0.15) is 27.0 Å². The van der Waals surface area contributed by atoms with Crippen LogP contribution in [0.5, 0.6) is 0 Å². The Balaban J connectivity index is 1.56. The van der Waals surface area contributed by atoms with E-state index in [9.17, 15) is 13.2 Å². The number of hydrogen-bond donors (Lipinski definition) is 2. The smallest absolute Gasteiger partial charge is 0.335 e. The Kier molecular flexibility index (Phi) is 6.46. The van der Waals surface area contributed by atoms with Gasteiger partial charge in [-0.3, -0.25) is 4.72 Å². The van der Waals surface area contributed by atoms with E-state index in [1.807, 2.05) is 54.6 Å². The SMILES string of the molecule is O=C(O)c1ccc(CCc2ccc(NS(=O)(=O)/C=C/c3ccccc3)cc2)cc1. The zero-order valence-corrected chi connectivity index (χ0v) is 16.5. The maximum absolute atomic E-state index is 12.2. The van der Waals surface area contributed by atoms with Gasteiger partial charge in [0.1, 0.15) is 0 Å². The highest BCUT2D eigenvalue weighted by atomic mass is 32.2. The van der Waals surface area contributed by atoms with E-state index in [-0.39, 0.29) is 5.56 Å². The summed E-state index contributed by atoms with van der Waals surface area (Å²) in [5, 5.41) is 10.1. The Morgan fingerprint density at radius 3 is 1.93 bits per heavy atom. The molecule has 0 atom stereocenters. The van der Waals surface area contributed by atoms with Crippen LogP contribution in [0, 0.1) is 0 Å². The minimum atomic E-state index is -3.59. The minimum absolute atomic E-state index is 0.270. The van der Waals surface area contributed by atoms with Crippen LogP contribution in [0.25, 0.3) is 6.08 Å². The normalized spacial score (nSPS) is 11.4. The number of anilines is 1. The predicted octanol–water partition coefficient (Wildman–Crippen LogP) is 4.58. The van der Waals surface area contributed by atoms with E-state index in [1.54, 1.807) is 30.3 Å². The van der Waals surface area contributed by atoms with Gasteiger partial charge >= 0.3 is 5.97 Å². The Morgan fingerprint density at radius 1 is 0.828 bits per heavy atom. The summed E-state index contributed by atoms with van der Waals surface area (Å²) in [5.74, 6) is -0.937. The summed E-state index contributed by atoms with van der Waals surface area (Å²) >= 11 is 0. The van der Waals surface area contributed by atoms with E-state index in [0.717, 1.165) is 34.9 Å². The van der Waals surface area contributed by atoms with Gasteiger partial charge in [-0.2, -0.15) is 0 Å². The molecule has 0 aliphatic heterocycles. The molecule has 0 fully saturated rings. The number of benzene rings is 3. The summed E-state index contributed by atoms with van der Waals surface area (Å²) in [6.45, 7) is 0. The quantitative estimate of drug-likeness (QED) is 0.572. The molecule has 6 heteroatoms. The number of carboxylic acid groups (broad SMARTS) is 1. The van der Waals surface area contributed by atoms with Gasteiger partial charge in [0.2, 0.25) is 0 Å². The summed E-state index contributed by atoms with van der Waals surface area (Å²) in [6.07, 6.45) is 3.09. The topological polar surface area (TPSA) is 83.5 Å². The average Bonchev–Trinajstić information content (AvgIpc) is 2.73. The number of carbonyl (C=O) groups is 1. The zero-order valence-electron chi connectivity index (χ0n) is 15.7. The number of aromatic carboxylic acids is 1. The van der Waals surface area contributed by atoms with Gasteiger partial charge in [0, 0.05) is 5.69 Å². The molecule has 2 N–H and O–H groups in total. The molecular weight excluding hydrogens is 386 g/mol. The predicted molar refractivity (Wildman–Crippen MR) is 115 cm³/mol. The van der Waals surface area contributed by atoms with Crippen molar-refractivity contribution >= 4 is 27.8 Å². The molecule has 29 heavy (non-hydrogen) atoms. The van der Waals surface area contributed by atoms with Crippen LogP contribution >= 0.6 is 0 Å². The van der Waals surface area contributed by atoms with Crippen LogP contribution in [0.4, 0.5) is 5.69 Å². The lowest BCUT2D eigenvalue weighted by atomic mass is 10.0. The number of sulfonamides is 1. The van der Waals surface area contributed by atoms with Crippen LogP contribution in [0.15, 0.2) is 84.3 Å². The van der Waals surface area contributed by atoms with E-state index in [2.05, 4.69) is 4.72 Å². The fourth-order valence-electron chi connectivity index (χ4n) is 2.77. The molecule has 0 radical (unpaired) electrons. The third kappa shape index (κ3) is 6.33. The average molecular weight is 407 g/mol. The first-order chi connectivity index (χ1) is 13.9. The van der Waals surface area contributed by atoms with Crippen molar-refractivity contribution in [2.75, 3.05) is 4.72 Å². The molecule has 0 unspecified atom stereocenters. The lowest BCUT2D eigenvalue weighted by Crippen LogP contribution is -2.08. The Morgan fingerprint density at radius 2 is 1.38 bits per heavy atom. The van der Waals surface area contributed by atoms with Crippen LogP contribution < -0.4 is 4.72 Å². The molecule has 148 valence electrons. The van der Waals surface area contributed by atoms with Crippen molar-refractivity contribution < 1.29 is 18.3 Å². The monoisotopic (exact) mass is 407 g/mol. The summed E-state index contributed by atoms with van der Waals surface area (Å²) < 4.78 is 26.9. The van der Waals surface area contributed by atoms with Crippen molar-refractivity contribution in [2.24, 2.45) is 0 Å². The van der Waals surface area contributed by atoms with Gasteiger partial charge in [0.05, 0.1) is 11.0 Å². The molecule has 0 saturated carbocycles. The second-order valence-electron chi connectivity index (χ2n) is 6.56. The number of rotatable bonds is 8. The number of aryl methyl sites for hydroxylation is 2. The zero-order chi connectivity index (χ0) is 20.7. The van der Waals surface area contributed by atoms with Crippen molar-refractivity contribution in [3.8, 4) is 0 Å². The molecule has 0 heterocycles. The van der Waals surface area contributed by atoms with Crippen molar-refractivity contribution in [2.45, 2.75) is 12.8 Å². The molecule has 0 amide bonds. The minimum Gasteiger partial charge on any atom is -0.478 e. The van der Waals surface area contributed by atoms with Gasteiger partial charge in [-0.15, -0.1) is 0 Å². The van der Waals surface area contributed by atoms with Gasteiger partial charge in [-0.05, 0) is 59.9 Å². The fourth-order valence-corrected chi connectivity index (χ4v) is 3.64. The number of hydrogen-bond acceptors (Lipinski definition) is 3.